The van der Waals surface area contributed by atoms with Gasteiger partial charge in [0, 0.05) is 10.6 Å². The number of hydrogen-bond acceptors (Lipinski definition) is 3. The summed E-state index contributed by atoms with van der Waals surface area (Å²) in [5.41, 5.74) is 3.50. The molecule has 0 atom stereocenters. The van der Waals surface area contributed by atoms with Gasteiger partial charge in [-0.1, -0.05) is 59.8 Å². The molecule has 0 radical (unpaired) electrons. The second-order valence-corrected chi connectivity index (χ2v) is 8.34. The molecular formula is C24H22FNS2. The Hall–Kier alpha value is -2.30. The molecule has 0 fully saturated rings. The van der Waals surface area contributed by atoms with Crippen LogP contribution in [0.1, 0.15) is 11.1 Å². The van der Waals surface area contributed by atoms with Gasteiger partial charge in [0.05, 0.1) is 10.7 Å². The summed E-state index contributed by atoms with van der Waals surface area (Å²) in [6, 6.07) is 25.2. The highest BCUT2D eigenvalue weighted by Gasteiger charge is 2.00. The SMILES string of the molecule is Cc1ccc(N=C(C=CSc2ccc(F)cc2)SCCc2ccccc2)cc1. The summed E-state index contributed by atoms with van der Waals surface area (Å²) in [6.45, 7) is 2.07. The van der Waals surface area contributed by atoms with Crippen molar-refractivity contribution in [2.75, 3.05) is 5.75 Å². The van der Waals surface area contributed by atoms with E-state index < -0.39 is 0 Å². The summed E-state index contributed by atoms with van der Waals surface area (Å²) in [6.07, 6.45) is 3.03. The van der Waals surface area contributed by atoms with Crippen molar-refractivity contribution in [2.24, 2.45) is 4.99 Å². The van der Waals surface area contributed by atoms with Crippen LogP contribution in [0, 0.1) is 12.7 Å². The molecule has 4 heteroatoms. The Morgan fingerprint density at radius 3 is 2.36 bits per heavy atom. The van der Waals surface area contributed by atoms with Crippen LogP contribution in [0.3, 0.4) is 0 Å². The molecule has 0 aliphatic heterocycles. The zero-order valence-electron chi connectivity index (χ0n) is 15.7. The average molecular weight is 408 g/mol. The van der Waals surface area contributed by atoms with E-state index in [0.29, 0.717) is 0 Å². The van der Waals surface area contributed by atoms with E-state index in [4.69, 9.17) is 4.99 Å². The van der Waals surface area contributed by atoms with Crippen LogP contribution in [0.2, 0.25) is 0 Å². The van der Waals surface area contributed by atoms with Crippen molar-refractivity contribution >= 4 is 34.3 Å². The molecule has 142 valence electrons. The summed E-state index contributed by atoms with van der Waals surface area (Å²) < 4.78 is 13.0. The van der Waals surface area contributed by atoms with Gasteiger partial charge in [0.2, 0.25) is 0 Å². The fraction of sp³-hybridized carbons (Fsp3) is 0.125. The van der Waals surface area contributed by atoms with Gasteiger partial charge < -0.3 is 0 Å². The number of rotatable bonds is 7. The van der Waals surface area contributed by atoms with Gasteiger partial charge in [-0.15, -0.1) is 11.8 Å². The molecule has 0 saturated carbocycles. The molecule has 3 aromatic carbocycles. The minimum atomic E-state index is -0.216. The molecule has 3 aromatic rings. The number of hydrogen-bond donors (Lipinski definition) is 0. The summed E-state index contributed by atoms with van der Waals surface area (Å²) in [7, 11) is 0. The molecule has 0 N–H and O–H groups in total. The quantitative estimate of drug-likeness (QED) is 0.229. The van der Waals surface area contributed by atoms with Crippen molar-refractivity contribution in [3.8, 4) is 0 Å². The monoisotopic (exact) mass is 407 g/mol. The smallest absolute Gasteiger partial charge is 0.123 e. The van der Waals surface area contributed by atoms with Crippen molar-refractivity contribution in [1.29, 1.82) is 0 Å². The van der Waals surface area contributed by atoms with Gasteiger partial charge >= 0.3 is 0 Å². The molecule has 0 aliphatic carbocycles. The van der Waals surface area contributed by atoms with Crippen LogP contribution >= 0.6 is 23.5 Å². The molecule has 0 unspecified atom stereocenters. The van der Waals surface area contributed by atoms with Crippen molar-refractivity contribution in [2.45, 2.75) is 18.2 Å². The van der Waals surface area contributed by atoms with Crippen LogP contribution in [0.15, 0.2) is 100 Å². The zero-order chi connectivity index (χ0) is 19.6. The fourth-order valence-corrected chi connectivity index (χ4v) is 4.08. The largest absolute Gasteiger partial charge is 0.242 e. The minimum absolute atomic E-state index is 0.216. The lowest BCUT2D eigenvalue weighted by molar-refractivity contribution is 0.626. The van der Waals surface area contributed by atoms with Crippen LogP contribution in [0.5, 0.6) is 0 Å². The van der Waals surface area contributed by atoms with E-state index in [1.165, 1.54) is 23.3 Å². The highest BCUT2D eigenvalue weighted by molar-refractivity contribution is 8.14. The predicted molar refractivity (Wildman–Crippen MR) is 122 cm³/mol. The van der Waals surface area contributed by atoms with Crippen molar-refractivity contribution in [3.05, 3.63) is 107 Å². The lowest BCUT2D eigenvalue weighted by Crippen LogP contribution is -1.93. The average Bonchev–Trinajstić information content (AvgIpc) is 2.72. The normalized spacial score (nSPS) is 11.9. The number of thioether (sulfide) groups is 2. The Labute approximate surface area is 174 Å². The van der Waals surface area contributed by atoms with Gasteiger partial charge in [-0.05, 0) is 66.8 Å². The number of aryl methyl sites for hydroxylation is 2. The maximum atomic E-state index is 13.0. The van der Waals surface area contributed by atoms with Gasteiger partial charge in [0.15, 0.2) is 0 Å². The van der Waals surface area contributed by atoms with E-state index in [-0.39, 0.29) is 5.82 Å². The first-order chi connectivity index (χ1) is 13.7. The van der Waals surface area contributed by atoms with Gasteiger partial charge in [-0.3, -0.25) is 0 Å². The maximum Gasteiger partial charge on any atom is 0.123 e. The van der Waals surface area contributed by atoms with Crippen LogP contribution < -0.4 is 0 Å². The third kappa shape index (κ3) is 7.02. The van der Waals surface area contributed by atoms with Crippen molar-refractivity contribution in [3.63, 3.8) is 0 Å². The molecule has 0 saturated heterocycles. The number of benzene rings is 3. The van der Waals surface area contributed by atoms with Crippen LogP contribution in [0.4, 0.5) is 10.1 Å². The van der Waals surface area contributed by atoms with E-state index >= 15 is 0 Å². The third-order valence-electron chi connectivity index (χ3n) is 3.99. The molecule has 0 spiro atoms. The Morgan fingerprint density at radius 2 is 1.64 bits per heavy atom. The number of halogens is 1. The highest BCUT2D eigenvalue weighted by atomic mass is 32.2. The van der Waals surface area contributed by atoms with Crippen LogP contribution in [0.25, 0.3) is 0 Å². The van der Waals surface area contributed by atoms with E-state index in [9.17, 15) is 4.39 Å². The van der Waals surface area contributed by atoms with E-state index in [1.807, 2.05) is 29.7 Å². The second-order valence-electron chi connectivity index (χ2n) is 6.24. The first kappa shape index (κ1) is 20.4. The predicted octanol–water partition coefficient (Wildman–Crippen LogP) is 7.45. The van der Waals surface area contributed by atoms with E-state index in [2.05, 4.69) is 43.3 Å². The number of nitrogens with zero attached hydrogens (tertiary/aromatic N) is 1. The van der Waals surface area contributed by atoms with Crippen molar-refractivity contribution < 1.29 is 4.39 Å². The zero-order valence-corrected chi connectivity index (χ0v) is 17.3. The minimum Gasteiger partial charge on any atom is -0.242 e. The Morgan fingerprint density at radius 1 is 0.929 bits per heavy atom. The van der Waals surface area contributed by atoms with Crippen molar-refractivity contribution in [1.82, 2.24) is 0 Å². The Balaban J connectivity index is 1.66. The standard InChI is InChI=1S/C24H22FNS2/c1-19-7-11-22(12-8-19)26-24(28-17-15-20-5-3-2-4-6-20)16-18-27-23-13-9-21(25)10-14-23/h2-14,16,18H,15,17H2,1H3. The van der Waals surface area contributed by atoms with Gasteiger partial charge in [-0.2, -0.15) is 0 Å². The molecule has 3 rings (SSSR count). The molecule has 1 nitrogen and oxygen atoms in total. The molecule has 0 aliphatic rings. The van der Waals surface area contributed by atoms with Crippen LogP contribution in [-0.2, 0) is 6.42 Å². The molecule has 0 bridgehead atoms. The number of aliphatic imine (C=N–C) groups is 1. The third-order valence-corrected chi connectivity index (χ3v) is 5.73. The van der Waals surface area contributed by atoms with E-state index in [0.717, 1.165) is 27.8 Å². The summed E-state index contributed by atoms with van der Waals surface area (Å²) in [4.78, 5) is 5.80. The lowest BCUT2D eigenvalue weighted by Gasteiger charge is -2.04. The fourth-order valence-electron chi connectivity index (χ4n) is 2.47. The molecule has 0 amide bonds. The molecular weight excluding hydrogens is 385 g/mol. The first-order valence-corrected chi connectivity index (χ1v) is 11.0. The molecule has 28 heavy (non-hydrogen) atoms. The van der Waals surface area contributed by atoms with Gasteiger partial charge in [0.25, 0.3) is 0 Å². The highest BCUT2D eigenvalue weighted by Crippen LogP contribution is 2.22. The van der Waals surface area contributed by atoms with Gasteiger partial charge in [-0.25, -0.2) is 9.38 Å². The summed E-state index contributed by atoms with van der Waals surface area (Å²) >= 11 is 3.30. The first-order valence-electron chi connectivity index (χ1n) is 9.10. The topological polar surface area (TPSA) is 12.4 Å². The maximum absolute atomic E-state index is 13.0. The summed E-state index contributed by atoms with van der Waals surface area (Å²) in [5.74, 6) is 0.742. The van der Waals surface area contributed by atoms with E-state index in [1.54, 1.807) is 35.7 Å². The lowest BCUT2D eigenvalue weighted by atomic mass is 10.2. The summed E-state index contributed by atoms with van der Waals surface area (Å²) in [5, 5.41) is 2.98. The van der Waals surface area contributed by atoms with Crippen LogP contribution in [-0.4, -0.2) is 10.8 Å². The Bertz CT molecular complexity index is 917. The molecule has 0 aromatic heterocycles. The Kier molecular flexibility index (Phi) is 7.94. The molecule has 0 heterocycles. The van der Waals surface area contributed by atoms with Gasteiger partial charge in [0.1, 0.15) is 5.82 Å². The second kappa shape index (κ2) is 10.9.